The number of ether oxygens (including phenoxy) is 1. The van der Waals surface area contributed by atoms with Gasteiger partial charge in [-0.2, -0.15) is 0 Å². The second-order valence-corrected chi connectivity index (χ2v) is 7.11. The molecule has 0 aliphatic rings. The van der Waals surface area contributed by atoms with Crippen LogP contribution in [0.15, 0.2) is 0 Å². The fraction of sp³-hybridized carbons (Fsp3) is 0.800. The lowest BCUT2D eigenvalue weighted by atomic mass is 10.1. The molecule has 0 aliphatic heterocycles. The SMILES string of the molecule is BrCCCCCCC#CCCOCCC#CCCCCCCBr. The maximum absolute atomic E-state index is 5.54. The maximum atomic E-state index is 5.54. The molecule has 0 N–H and O–H groups in total. The Kier molecular flexibility index (Phi) is 22.1. The highest BCUT2D eigenvalue weighted by Crippen LogP contribution is 2.04. The average molecular weight is 448 g/mol. The Morgan fingerprint density at radius 2 is 0.870 bits per heavy atom. The van der Waals surface area contributed by atoms with E-state index < -0.39 is 0 Å². The molecule has 0 aromatic heterocycles. The Morgan fingerprint density at radius 1 is 0.478 bits per heavy atom. The van der Waals surface area contributed by atoms with E-state index in [1.165, 1.54) is 51.4 Å². The molecule has 0 radical (unpaired) electrons. The summed E-state index contributed by atoms with van der Waals surface area (Å²) in [5.41, 5.74) is 0. The van der Waals surface area contributed by atoms with Crippen LogP contribution in [0.2, 0.25) is 0 Å². The fourth-order valence-electron chi connectivity index (χ4n) is 2.02. The van der Waals surface area contributed by atoms with E-state index in [4.69, 9.17) is 4.74 Å². The molecular weight excluding hydrogens is 416 g/mol. The van der Waals surface area contributed by atoms with E-state index in [1.54, 1.807) is 0 Å². The third kappa shape index (κ3) is 22.0. The largest absolute Gasteiger partial charge is 0.379 e. The minimum Gasteiger partial charge on any atom is -0.379 e. The molecule has 0 rings (SSSR count). The lowest BCUT2D eigenvalue weighted by Crippen LogP contribution is -1.94. The summed E-state index contributed by atoms with van der Waals surface area (Å²) < 4.78 is 5.54. The van der Waals surface area contributed by atoms with Gasteiger partial charge in [0.15, 0.2) is 0 Å². The van der Waals surface area contributed by atoms with Gasteiger partial charge in [-0.3, -0.25) is 0 Å². The van der Waals surface area contributed by atoms with Crippen molar-refractivity contribution in [3.8, 4) is 23.7 Å². The highest BCUT2D eigenvalue weighted by molar-refractivity contribution is 9.09. The van der Waals surface area contributed by atoms with E-state index >= 15 is 0 Å². The van der Waals surface area contributed by atoms with Crippen LogP contribution in [0.25, 0.3) is 0 Å². The first-order valence-corrected chi connectivity index (χ1v) is 11.3. The molecule has 0 spiro atoms. The lowest BCUT2D eigenvalue weighted by Gasteiger charge is -1.97. The summed E-state index contributed by atoms with van der Waals surface area (Å²) in [6.45, 7) is 1.48. The van der Waals surface area contributed by atoms with E-state index in [9.17, 15) is 0 Å². The predicted molar refractivity (Wildman–Crippen MR) is 109 cm³/mol. The molecule has 0 amide bonds. The molecule has 3 heteroatoms. The van der Waals surface area contributed by atoms with E-state index in [0.717, 1.165) is 49.6 Å². The number of rotatable bonds is 14. The van der Waals surface area contributed by atoms with Crippen LogP contribution in [0.3, 0.4) is 0 Å². The van der Waals surface area contributed by atoms with Crippen LogP contribution in [0.1, 0.15) is 77.0 Å². The quantitative estimate of drug-likeness (QED) is 0.168. The van der Waals surface area contributed by atoms with Crippen LogP contribution in [-0.4, -0.2) is 23.9 Å². The van der Waals surface area contributed by atoms with E-state index in [1.807, 2.05) is 0 Å². The molecule has 0 fully saturated rings. The first-order valence-electron chi connectivity index (χ1n) is 9.03. The molecule has 0 saturated carbocycles. The average Bonchev–Trinajstić information content (AvgIpc) is 2.57. The zero-order valence-electron chi connectivity index (χ0n) is 14.5. The van der Waals surface area contributed by atoms with Crippen molar-refractivity contribution < 1.29 is 4.74 Å². The third-order valence-electron chi connectivity index (χ3n) is 3.36. The molecule has 0 aromatic carbocycles. The molecule has 0 bridgehead atoms. The lowest BCUT2D eigenvalue weighted by molar-refractivity contribution is 0.146. The molecule has 23 heavy (non-hydrogen) atoms. The maximum Gasteiger partial charge on any atom is 0.0576 e. The predicted octanol–water partition coefficient (Wildman–Crippen LogP) is 6.48. The van der Waals surface area contributed by atoms with Crippen molar-refractivity contribution in [2.45, 2.75) is 77.0 Å². The van der Waals surface area contributed by atoms with Crippen LogP contribution in [0.4, 0.5) is 0 Å². The summed E-state index contributed by atoms with van der Waals surface area (Å²) >= 11 is 6.90. The molecule has 0 aliphatic carbocycles. The minimum atomic E-state index is 0.741. The number of unbranched alkanes of at least 4 members (excludes halogenated alkanes) is 8. The Bertz CT molecular complexity index is 312. The smallest absolute Gasteiger partial charge is 0.0576 e. The first kappa shape index (κ1) is 23.0. The highest BCUT2D eigenvalue weighted by atomic mass is 79.9. The first-order chi connectivity index (χ1) is 11.4. The van der Waals surface area contributed by atoms with Crippen LogP contribution >= 0.6 is 31.9 Å². The highest BCUT2D eigenvalue weighted by Gasteiger charge is 1.88. The van der Waals surface area contributed by atoms with Crippen LogP contribution < -0.4 is 0 Å². The molecule has 1 nitrogen and oxygen atoms in total. The molecule has 0 saturated heterocycles. The van der Waals surface area contributed by atoms with Crippen molar-refractivity contribution in [2.24, 2.45) is 0 Å². The fourth-order valence-corrected chi connectivity index (χ4v) is 2.82. The summed E-state index contributed by atoms with van der Waals surface area (Å²) in [5.74, 6) is 12.8. The van der Waals surface area contributed by atoms with E-state index in [0.29, 0.717) is 0 Å². The van der Waals surface area contributed by atoms with Gasteiger partial charge in [0.2, 0.25) is 0 Å². The molecule has 0 heterocycles. The van der Waals surface area contributed by atoms with Gasteiger partial charge in [-0.15, -0.1) is 23.7 Å². The minimum absolute atomic E-state index is 0.741. The summed E-state index contributed by atoms with van der Waals surface area (Å²) in [6, 6.07) is 0. The van der Waals surface area contributed by atoms with Crippen LogP contribution in [-0.2, 0) is 4.74 Å². The van der Waals surface area contributed by atoms with Crippen molar-refractivity contribution in [1.82, 2.24) is 0 Å². The van der Waals surface area contributed by atoms with Gasteiger partial charge in [-0.05, 0) is 25.7 Å². The van der Waals surface area contributed by atoms with Gasteiger partial charge in [0.1, 0.15) is 0 Å². The summed E-state index contributed by atoms with van der Waals surface area (Å²) in [4.78, 5) is 0. The van der Waals surface area contributed by atoms with Gasteiger partial charge >= 0.3 is 0 Å². The monoisotopic (exact) mass is 446 g/mol. The van der Waals surface area contributed by atoms with Crippen molar-refractivity contribution in [2.75, 3.05) is 23.9 Å². The van der Waals surface area contributed by atoms with E-state index in [2.05, 4.69) is 55.5 Å². The summed E-state index contributed by atoms with van der Waals surface area (Å²) in [7, 11) is 0. The van der Waals surface area contributed by atoms with E-state index in [-0.39, 0.29) is 0 Å². The van der Waals surface area contributed by atoms with Gasteiger partial charge in [0.05, 0.1) is 13.2 Å². The normalized spacial score (nSPS) is 9.83. The van der Waals surface area contributed by atoms with Gasteiger partial charge in [0, 0.05) is 36.3 Å². The van der Waals surface area contributed by atoms with Crippen molar-refractivity contribution in [3.05, 3.63) is 0 Å². The van der Waals surface area contributed by atoms with Gasteiger partial charge in [-0.1, -0.05) is 57.5 Å². The van der Waals surface area contributed by atoms with Gasteiger partial charge in [0.25, 0.3) is 0 Å². The second kappa shape index (κ2) is 22.0. The molecule has 0 aromatic rings. The second-order valence-electron chi connectivity index (χ2n) is 5.53. The number of alkyl halides is 2. The Morgan fingerprint density at radius 3 is 1.30 bits per heavy atom. The zero-order chi connectivity index (χ0) is 16.8. The van der Waals surface area contributed by atoms with Crippen molar-refractivity contribution in [1.29, 1.82) is 0 Å². The summed E-state index contributed by atoms with van der Waals surface area (Å²) in [5, 5.41) is 2.25. The molecular formula is C20H32Br2O. The number of hydrogen-bond donors (Lipinski definition) is 0. The van der Waals surface area contributed by atoms with Gasteiger partial charge < -0.3 is 4.74 Å². The number of hydrogen-bond acceptors (Lipinski definition) is 1. The molecule has 0 atom stereocenters. The molecule has 132 valence electrons. The van der Waals surface area contributed by atoms with Crippen LogP contribution in [0, 0.1) is 23.7 Å². The third-order valence-corrected chi connectivity index (χ3v) is 4.49. The van der Waals surface area contributed by atoms with Crippen LogP contribution in [0.5, 0.6) is 0 Å². The van der Waals surface area contributed by atoms with Gasteiger partial charge in [-0.25, -0.2) is 0 Å². The molecule has 0 unspecified atom stereocenters. The van der Waals surface area contributed by atoms with Crippen molar-refractivity contribution in [3.63, 3.8) is 0 Å². The standard InChI is InChI=1S/C20H32Br2O/c21-17-13-9-5-1-3-7-11-15-19-23-20-16-12-8-4-2-6-10-14-18-22/h1-6,9-10,13-20H2. The zero-order valence-corrected chi connectivity index (χ0v) is 17.6. The Labute approximate surface area is 161 Å². The Balaban J connectivity index is 3.19. The van der Waals surface area contributed by atoms with Crippen molar-refractivity contribution >= 4 is 31.9 Å². The summed E-state index contributed by atoms with van der Waals surface area (Å²) in [6.07, 6.45) is 14.0. The Hall–Kier alpha value is 0.0400. The number of halogens is 2. The topological polar surface area (TPSA) is 9.23 Å².